The maximum atomic E-state index is 11.8. The molecular weight excluding hydrogens is 518 g/mol. The van der Waals surface area contributed by atoms with Crippen LogP contribution < -0.4 is 10.7 Å². The van der Waals surface area contributed by atoms with Crippen molar-refractivity contribution in [2.24, 2.45) is 11.8 Å². The number of anilines is 1. The van der Waals surface area contributed by atoms with Crippen molar-refractivity contribution in [1.29, 1.82) is 0 Å². The van der Waals surface area contributed by atoms with Gasteiger partial charge in [0, 0.05) is 31.0 Å². The van der Waals surface area contributed by atoms with Crippen molar-refractivity contribution in [3.05, 3.63) is 40.1 Å². The first-order valence-corrected chi connectivity index (χ1v) is 14.1. The summed E-state index contributed by atoms with van der Waals surface area (Å²) in [4.78, 5) is 31.3. The number of aromatic nitrogens is 6. The molecule has 4 aromatic heterocycles. The number of morpholine rings is 1. The molecule has 11 heteroatoms. The van der Waals surface area contributed by atoms with Gasteiger partial charge in [0.25, 0.3) is 0 Å². The fourth-order valence-electron chi connectivity index (χ4n) is 5.89. The van der Waals surface area contributed by atoms with Gasteiger partial charge in [-0.25, -0.2) is 14.8 Å². The van der Waals surface area contributed by atoms with Crippen molar-refractivity contribution in [3.8, 4) is 22.8 Å². The molecule has 1 atom stereocenters. The van der Waals surface area contributed by atoms with E-state index in [1.807, 2.05) is 12.1 Å². The van der Waals surface area contributed by atoms with Gasteiger partial charge in [0.2, 0.25) is 11.8 Å². The van der Waals surface area contributed by atoms with Gasteiger partial charge < -0.3 is 14.2 Å². The van der Waals surface area contributed by atoms with E-state index in [0.717, 1.165) is 41.6 Å². The number of pyridine rings is 2. The van der Waals surface area contributed by atoms with E-state index >= 15 is 0 Å². The maximum Gasteiger partial charge on any atom is 0.439 e. The fraction of sp³-hybridized carbons (Fsp3) is 0.536. The Labute approximate surface area is 231 Å². The first-order valence-electron chi connectivity index (χ1n) is 13.7. The molecule has 1 saturated carbocycles. The summed E-state index contributed by atoms with van der Waals surface area (Å²) in [5.41, 5.74) is 3.30. The maximum absolute atomic E-state index is 11.8. The molecule has 10 nitrogen and oxygen atoms in total. The van der Waals surface area contributed by atoms with E-state index in [1.54, 1.807) is 12.4 Å². The number of hydrogen-bond donors (Lipinski definition) is 1. The van der Waals surface area contributed by atoms with Gasteiger partial charge in [-0.1, -0.05) is 36.5 Å². The molecule has 206 valence electrons. The SMILES string of the molecule is CC1CCC(Cn2c(N3CCOC(C)C3(C)C)nc3cc(-c4noc(=O)[nH]4)nc(-c4cncc(Cl)c4)c32)CC1. The summed E-state index contributed by atoms with van der Waals surface area (Å²) in [5.74, 6) is 1.81. The summed E-state index contributed by atoms with van der Waals surface area (Å²) in [6.45, 7) is 11.1. The summed E-state index contributed by atoms with van der Waals surface area (Å²) < 4.78 is 13.2. The van der Waals surface area contributed by atoms with E-state index < -0.39 is 5.76 Å². The summed E-state index contributed by atoms with van der Waals surface area (Å²) in [6, 6.07) is 3.72. The molecule has 2 aliphatic rings. The van der Waals surface area contributed by atoms with Crippen molar-refractivity contribution in [2.45, 2.75) is 71.6 Å². The minimum atomic E-state index is -0.639. The van der Waals surface area contributed by atoms with Crippen LogP contribution in [0.15, 0.2) is 33.8 Å². The zero-order chi connectivity index (χ0) is 27.3. The van der Waals surface area contributed by atoms with Crippen LogP contribution >= 0.6 is 11.6 Å². The minimum absolute atomic E-state index is 0.0283. The van der Waals surface area contributed by atoms with Gasteiger partial charge in [0.05, 0.1) is 40.0 Å². The van der Waals surface area contributed by atoms with Gasteiger partial charge in [0.1, 0.15) is 5.69 Å². The molecule has 2 fully saturated rings. The van der Waals surface area contributed by atoms with E-state index in [2.05, 4.69) is 52.3 Å². The standard InChI is InChI=1S/C28H34ClN7O3/c1-16-5-7-18(8-6-16)15-35-24-21(32-26(35)36-9-10-38-17(2)28(36,3)4)12-22(25-33-27(37)39-34-25)31-23(24)19-11-20(29)14-30-13-19/h11-14,16-18H,5-10,15H2,1-4H3,(H,33,34,37). The second-order valence-electron chi connectivity index (χ2n) is 11.5. The van der Waals surface area contributed by atoms with Crippen LogP contribution in [0, 0.1) is 11.8 Å². The lowest BCUT2D eigenvalue weighted by atomic mass is 9.83. The smallest absolute Gasteiger partial charge is 0.374 e. The van der Waals surface area contributed by atoms with Crippen LogP contribution in [-0.2, 0) is 11.3 Å². The number of imidazole rings is 1. The van der Waals surface area contributed by atoms with Crippen molar-refractivity contribution in [2.75, 3.05) is 18.1 Å². The molecule has 1 unspecified atom stereocenters. The second-order valence-corrected chi connectivity index (χ2v) is 12.0. The van der Waals surface area contributed by atoms with E-state index in [4.69, 9.17) is 30.8 Å². The van der Waals surface area contributed by atoms with E-state index in [0.29, 0.717) is 28.9 Å². The molecule has 4 aromatic rings. The number of aromatic amines is 1. The molecule has 1 aliphatic heterocycles. The van der Waals surface area contributed by atoms with Gasteiger partial charge in [-0.05, 0) is 57.6 Å². The third kappa shape index (κ3) is 4.84. The van der Waals surface area contributed by atoms with Crippen LogP contribution in [0.25, 0.3) is 33.8 Å². The number of hydrogen-bond acceptors (Lipinski definition) is 8. The predicted octanol–water partition coefficient (Wildman–Crippen LogP) is 5.32. The van der Waals surface area contributed by atoms with E-state index in [9.17, 15) is 4.79 Å². The molecule has 5 heterocycles. The van der Waals surface area contributed by atoms with Gasteiger partial charge in [-0.3, -0.25) is 14.5 Å². The third-order valence-corrected chi connectivity index (χ3v) is 8.76. The minimum Gasteiger partial charge on any atom is -0.374 e. The lowest BCUT2D eigenvalue weighted by Crippen LogP contribution is -2.58. The highest BCUT2D eigenvalue weighted by atomic mass is 35.5. The summed E-state index contributed by atoms with van der Waals surface area (Å²) in [5, 5.41) is 4.40. The van der Waals surface area contributed by atoms with Gasteiger partial charge in [-0.15, -0.1) is 0 Å². The molecule has 0 spiro atoms. The van der Waals surface area contributed by atoms with Crippen molar-refractivity contribution >= 4 is 28.6 Å². The van der Waals surface area contributed by atoms with Gasteiger partial charge in [0.15, 0.2) is 0 Å². The van der Waals surface area contributed by atoms with Crippen LogP contribution in [0.2, 0.25) is 5.02 Å². The zero-order valence-corrected chi connectivity index (χ0v) is 23.5. The van der Waals surface area contributed by atoms with Gasteiger partial charge >= 0.3 is 5.76 Å². The van der Waals surface area contributed by atoms with E-state index in [-0.39, 0.29) is 17.5 Å². The Morgan fingerprint density at radius 2 is 1.92 bits per heavy atom. The first kappa shape index (κ1) is 26.0. The Morgan fingerprint density at radius 3 is 2.64 bits per heavy atom. The Bertz CT molecular complexity index is 1550. The number of nitrogens with one attached hydrogen (secondary N) is 1. The number of ether oxygens (including phenoxy) is 1. The largest absolute Gasteiger partial charge is 0.439 e. The monoisotopic (exact) mass is 551 g/mol. The number of nitrogens with zero attached hydrogens (tertiary/aromatic N) is 6. The number of fused-ring (bicyclic) bond motifs is 1. The molecule has 1 N–H and O–H groups in total. The molecular formula is C28H34ClN7O3. The number of H-pyrrole nitrogens is 1. The van der Waals surface area contributed by atoms with Crippen LogP contribution in [0.1, 0.15) is 53.4 Å². The topological polar surface area (TPSA) is 115 Å². The average Bonchev–Trinajstić information content (AvgIpc) is 3.50. The zero-order valence-electron chi connectivity index (χ0n) is 22.8. The van der Waals surface area contributed by atoms with Crippen molar-refractivity contribution < 1.29 is 9.26 Å². The molecule has 0 radical (unpaired) electrons. The fourth-order valence-corrected chi connectivity index (χ4v) is 6.06. The summed E-state index contributed by atoms with van der Waals surface area (Å²) >= 11 is 6.39. The lowest BCUT2D eigenvalue weighted by Gasteiger charge is -2.47. The van der Waals surface area contributed by atoms with Crippen molar-refractivity contribution in [3.63, 3.8) is 0 Å². The van der Waals surface area contributed by atoms with Crippen molar-refractivity contribution in [1.82, 2.24) is 29.7 Å². The lowest BCUT2D eigenvalue weighted by molar-refractivity contribution is -0.00743. The Kier molecular flexibility index (Phi) is 6.71. The molecule has 1 aliphatic carbocycles. The second kappa shape index (κ2) is 10.1. The quantitative estimate of drug-likeness (QED) is 0.354. The van der Waals surface area contributed by atoms with Crippen LogP contribution in [0.4, 0.5) is 5.95 Å². The summed E-state index contributed by atoms with van der Waals surface area (Å²) in [6.07, 6.45) is 8.22. The average molecular weight is 552 g/mol. The van der Waals surface area contributed by atoms with Crippen LogP contribution in [-0.4, -0.2) is 54.5 Å². The number of rotatable bonds is 5. The highest BCUT2D eigenvalue weighted by molar-refractivity contribution is 6.30. The normalized spacial score (nSPS) is 23.4. The highest BCUT2D eigenvalue weighted by Crippen LogP contribution is 2.39. The molecule has 0 amide bonds. The van der Waals surface area contributed by atoms with Crippen LogP contribution in [0.5, 0.6) is 0 Å². The summed E-state index contributed by atoms with van der Waals surface area (Å²) in [7, 11) is 0. The Morgan fingerprint density at radius 1 is 1.13 bits per heavy atom. The van der Waals surface area contributed by atoms with E-state index in [1.165, 1.54) is 25.7 Å². The third-order valence-electron chi connectivity index (χ3n) is 8.56. The molecule has 39 heavy (non-hydrogen) atoms. The highest BCUT2D eigenvalue weighted by Gasteiger charge is 2.40. The molecule has 0 bridgehead atoms. The Balaban J connectivity index is 1.60. The predicted molar refractivity (Wildman–Crippen MR) is 150 cm³/mol. The molecule has 0 aromatic carbocycles. The molecule has 6 rings (SSSR count). The molecule has 1 saturated heterocycles. The van der Waals surface area contributed by atoms with Gasteiger partial charge in [-0.2, -0.15) is 0 Å². The van der Waals surface area contributed by atoms with Crippen LogP contribution in [0.3, 0.4) is 0 Å². The number of halogens is 1. The first-order chi connectivity index (χ1) is 18.7. The Hall–Kier alpha value is -3.24.